The van der Waals surface area contributed by atoms with Crippen molar-refractivity contribution in [2.24, 2.45) is 0 Å². The minimum Gasteiger partial charge on any atom is -0.508 e. The van der Waals surface area contributed by atoms with Crippen molar-refractivity contribution < 1.29 is 49.3 Å². The standard InChI is InChI=1S/C22H22O11/c1-8-16(26)18(28)19(29)22(31-8)33-21-17(27)15-12(25)6-10(23)7-14(15)32-20(21)9-3-4-11(24)13(5-9)30-2/h3-8,16,18-19,22-26,28-29H,1-2H3/t8-,16-,18+,19-,22-/m0/s1. The fourth-order valence-electron chi connectivity index (χ4n) is 3.61. The second-order valence-electron chi connectivity index (χ2n) is 7.61. The molecule has 11 nitrogen and oxygen atoms in total. The lowest BCUT2D eigenvalue weighted by Crippen LogP contribution is -2.58. The van der Waals surface area contributed by atoms with E-state index in [0.717, 1.165) is 12.1 Å². The van der Waals surface area contributed by atoms with Gasteiger partial charge in [0.1, 0.15) is 40.8 Å². The average Bonchev–Trinajstić information content (AvgIpc) is 2.77. The number of benzene rings is 2. The van der Waals surface area contributed by atoms with Crippen molar-refractivity contribution in [1.29, 1.82) is 0 Å². The Morgan fingerprint density at radius 3 is 2.36 bits per heavy atom. The molecule has 11 heteroatoms. The largest absolute Gasteiger partial charge is 0.508 e. The predicted octanol–water partition coefficient (Wildman–Crippen LogP) is 0.792. The maximum absolute atomic E-state index is 13.3. The van der Waals surface area contributed by atoms with Crippen molar-refractivity contribution in [2.75, 3.05) is 7.11 Å². The molecule has 2 aromatic carbocycles. The van der Waals surface area contributed by atoms with Gasteiger partial charge in [0.25, 0.3) is 0 Å². The van der Waals surface area contributed by atoms with E-state index in [1.807, 2.05) is 0 Å². The summed E-state index contributed by atoms with van der Waals surface area (Å²) in [5, 5.41) is 60.0. The Morgan fingerprint density at radius 1 is 0.939 bits per heavy atom. The van der Waals surface area contributed by atoms with Crippen LogP contribution < -0.4 is 14.9 Å². The van der Waals surface area contributed by atoms with E-state index in [2.05, 4.69) is 0 Å². The lowest BCUT2D eigenvalue weighted by Gasteiger charge is -2.38. The first kappa shape index (κ1) is 22.7. The van der Waals surface area contributed by atoms with E-state index in [1.165, 1.54) is 32.2 Å². The number of hydrogen-bond donors (Lipinski definition) is 6. The lowest BCUT2D eigenvalue weighted by atomic mass is 10.00. The molecule has 6 N–H and O–H groups in total. The van der Waals surface area contributed by atoms with E-state index in [-0.39, 0.29) is 39.5 Å². The first-order valence-electron chi connectivity index (χ1n) is 9.88. The number of aliphatic hydroxyl groups excluding tert-OH is 3. The van der Waals surface area contributed by atoms with Crippen LogP contribution >= 0.6 is 0 Å². The fourth-order valence-corrected chi connectivity index (χ4v) is 3.61. The Kier molecular flexibility index (Phi) is 5.80. The number of hydrogen-bond acceptors (Lipinski definition) is 11. The molecule has 176 valence electrons. The molecule has 0 unspecified atom stereocenters. The Morgan fingerprint density at radius 2 is 1.67 bits per heavy atom. The zero-order chi connectivity index (χ0) is 24.0. The van der Waals surface area contributed by atoms with Gasteiger partial charge in [-0.2, -0.15) is 0 Å². The van der Waals surface area contributed by atoms with Crippen LogP contribution in [0.4, 0.5) is 0 Å². The van der Waals surface area contributed by atoms with Gasteiger partial charge in [-0.3, -0.25) is 4.79 Å². The Bertz CT molecular complexity index is 1250. The summed E-state index contributed by atoms with van der Waals surface area (Å²) in [6, 6.07) is 6.11. The Hall–Kier alpha value is -3.51. The van der Waals surface area contributed by atoms with E-state index >= 15 is 0 Å². The second-order valence-corrected chi connectivity index (χ2v) is 7.61. The van der Waals surface area contributed by atoms with Gasteiger partial charge < -0.3 is 49.3 Å². The number of phenols is 3. The van der Waals surface area contributed by atoms with Crippen molar-refractivity contribution in [3.63, 3.8) is 0 Å². The summed E-state index contributed by atoms with van der Waals surface area (Å²) in [6.45, 7) is 1.44. The SMILES string of the molecule is COc1cc(-c2oc3cc(O)cc(O)c3c(=O)c2O[C@@H]2O[C@@H](C)[C@H](O)[C@@H](O)[C@@H]2O)ccc1O. The second kappa shape index (κ2) is 8.45. The van der Waals surface area contributed by atoms with E-state index in [4.69, 9.17) is 18.6 Å². The minimum atomic E-state index is -1.72. The normalized spacial score (nSPS) is 25.2. The van der Waals surface area contributed by atoms with Crippen LogP contribution in [0.2, 0.25) is 0 Å². The molecule has 33 heavy (non-hydrogen) atoms. The van der Waals surface area contributed by atoms with Crippen molar-refractivity contribution in [2.45, 2.75) is 37.6 Å². The molecule has 0 bridgehead atoms. The summed E-state index contributed by atoms with van der Waals surface area (Å²) >= 11 is 0. The smallest absolute Gasteiger partial charge is 0.239 e. The van der Waals surface area contributed by atoms with Crippen LogP contribution in [-0.4, -0.2) is 68.5 Å². The summed E-state index contributed by atoms with van der Waals surface area (Å²) < 4.78 is 21.9. The van der Waals surface area contributed by atoms with E-state index < -0.39 is 47.6 Å². The highest BCUT2D eigenvalue weighted by molar-refractivity contribution is 5.88. The molecule has 0 amide bonds. The Labute approximate surface area is 186 Å². The third kappa shape index (κ3) is 3.91. The molecule has 1 aliphatic heterocycles. The molecule has 1 saturated heterocycles. The van der Waals surface area contributed by atoms with Crippen LogP contribution in [0.15, 0.2) is 39.5 Å². The highest BCUT2D eigenvalue weighted by Gasteiger charge is 2.44. The third-order valence-electron chi connectivity index (χ3n) is 5.40. The highest BCUT2D eigenvalue weighted by atomic mass is 16.7. The van der Waals surface area contributed by atoms with Crippen LogP contribution in [-0.2, 0) is 4.74 Å². The van der Waals surface area contributed by atoms with Crippen LogP contribution in [0.1, 0.15) is 6.92 Å². The number of ether oxygens (including phenoxy) is 3. The molecular weight excluding hydrogens is 440 g/mol. The van der Waals surface area contributed by atoms with Crippen molar-refractivity contribution in [1.82, 2.24) is 0 Å². The molecule has 4 rings (SSSR count). The predicted molar refractivity (Wildman–Crippen MR) is 112 cm³/mol. The highest BCUT2D eigenvalue weighted by Crippen LogP contribution is 2.39. The fraction of sp³-hybridized carbons (Fsp3) is 0.318. The molecule has 5 atom stereocenters. The summed E-state index contributed by atoms with van der Waals surface area (Å²) in [5.74, 6) is -1.74. The van der Waals surface area contributed by atoms with Gasteiger partial charge in [0.15, 0.2) is 17.3 Å². The van der Waals surface area contributed by atoms with E-state index in [1.54, 1.807) is 0 Å². The summed E-state index contributed by atoms with van der Waals surface area (Å²) in [6.07, 6.45) is -7.24. The number of rotatable bonds is 4. The van der Waals surface area contributed by atoms with Crippen LogP contribution in [0.25, 0.3) is 22.3 Å². The minimum absolute atomic E-state index is 0.0565. The van der Waals surface area contributed by atoms with Gasteiger partial charge in [-0.05, 0) is 25.1 Å². The molecule has 0 aliphatic carbocycles. The van der Waals surface area contributed by atoms with Gasteiger partial charge in [-0.25, -0.2) is 0 Å². The maximum Gasteiger partial charge on any atom is 0.239 e. The van der Waals surface area contributed by atoms with Crippen molar-refractivity contribution in [3.8, 4) is 40.1 Å². The summed E-state index contributed by atoms with van der Waals surface area (Å²) in [7, 11) is 1.32. The first-order chi connectivity index (χ1) is 15.6. The lowest BCUT2D eigenvalue weighted by molar-refractivity contribution is -0.268. The number of phenolic OH excluding ortho intramolecular Hbond substituents is 3. The van der Waals surface area contributed by atoms with E-state index in [9.17, 15) is 35.4 Å². The topological polar surface area (TPSA) is 179 Å². The molecule has 1 aliphatic rings. The quantitative estimate of drug-likeness (QED) is 0.323. The van der Waals surface area contributed by atoms with Crippen molar-refractivity contribution >= 4 is 11.0 Å². The van der Waals surface area contributed by atoms with Crippen LogP contribution in [0.5, 0.6) is 28.7 Å². The van der Waals surface area contributed by atoms with E-state index in [0.29, 0.717) is 0 Å². The molecule has 1 aromatic heterocycles. The molecule has 0 spiro atoms. The zero-order valence-corrected chi connectivity index (χ0v) is 17.5. The molecule has 0 saturated carbocycles. The van der Waals surface area contributed by atoms with Crippen LogP contribution in [0.3, 0.4) is 0 Å². The molecule has 3 aromatic rings. The van der Waals surface area contributed by atoms with Crippen molar-refractivity contribution in [3.05, 3.63) is 40.6 Å². The molecule has 2 heterocycles. The Balaban J connectivity index is 1.93. The average molecular weight is 462 g/mol. The van der Waals surface area contributed by atoms with Gasteiger partial charge in [-0.1, -0.05) is 0 Å². The zero-order valence-electron chi connectivity index (χ0n) is 17.5. The van der Waals surface area contributed by atoms with Crippen LogP contribution in [0, 0.1) is 0 Å². The molecule has 0 radical (unpaired) electrons. The summed E-state index contributed by atoms with van der Waals surface area (Å²) in [4.78, 5) is 13.3. The number of aromatic hydroxyl groups is 3. The molecular formula is C22H22O11. The maximum atomic E-state index is 13.3. The first-order valence-corrected chi connectivity index (χ1v) is 9.88. The number of fused-ring (bicyclic) bond motifs is 1. The van der Waals surface area contributed by atoms with Gasteiger partial charge in [0, 0.05) is 17.7 Å². The number of methoxy groups -OCH3 is 1. The van der Waals surface area contributed by atoms with Gasteiger partial charge in [-0.15, -0.1) is 0 Å². The van der Waals surface area contributed by atoms with Gasteiger partial charge >= 0.3 is 0 Å². The summed E-state index contributed by atoms with van der Waals surface area (Å²) in [5.41, 5.74) is -0.818. The van der Waals surface area contributed by atoms with Gasteiger partial charge in [0.05, 0.1) is 13.2 Å². The molecule has 1 fully saturated rings. The van der Waals surface area contributed by atoms with Gasteiger partial charge in [0.2, 0.25) is 17.5 Å². The third-order valence-corrected chi connectivity index (χ3v) is 5.40. The monoisotopic (exact) mass is 462 g/mol. The number of aliphatic hydroxyl groups is 3.